The smallest absolute Gasteiger partial charge is 0.188 e. The average Bonchev–Trinajstić information content (AvgIpc) is 2.13. The Bertz CT molecular complexity index is 374. The molecule has 0 saturated heterocycles. The van der Waals surface area contributed by atoms with E-state index in [4.69, 9.17) is 0 Å². The second-order valence-electron chi connectivity index (χ2n) is 2.29. The summed E-state index contributed by atoms with van der Waals surface area (Å²) in [4.78, 5) is 11.0. The van der Waals surface area contributed by atoms with Crippen molar-refractivity contribution in [3.63, 3.8) is 0 Å². The van der Waals surface area contributed by atoms with E-state index in [1.165, 1.54) is 12.1 Å². The van der Waals surface area contributed by atoms with Gasteiger partial charge in [0.15, 0.2) is 17.4 Å². The van der Waals surface area contributed by atoms with Crippen LogP contribution in [0.3, 0.4) is 0 Å². The topological polar surface area (TPSA) is 17.1 Å². The first-order valence-electron chi connectivity index (χ1n) is 3.38. The monoisotopic (exact) mass is 294 g/mol. The summed E-state index contributed by atoms with van der Waals surface area (Å²) in [5.74, 6) is -2.72. The Morgan fingerprint density at radius 1 is 1.38 bits per heavy atom. The molecule has 13 heavy (non-hydrogen) atoms. The molecule has 0 fully saturated rings. The van der Waals surface area contributed by atoms with Crippen LogP contribution in [-0.4, -0.2) is 5.78 Å². The summed E-state index contributed by atoms with van der Waals surface area (Å²) >= 11 is 1.65. The molecule has 1 aromatic rings. The molecule has 0 bridgehead atoms. The van der Waals surface area contributed by atoms with E-state index in [-0.39, 0.29) is 9.13 Å². The van der Waals surface area contributed by atoms with E-state index < -0.39 is 17.4 Å². The summed E-state index contributed by atoms with van der Waals surface area (Å²) in [6.45, 7) is 3.19. The molecule has 0 aliphatic carbocycles. The highest BCUT2D eigenvalue weighted by atomic mass is 127. The van der Waals surface area contributed by atoms with Gasteiger partial charge in [0.25, 0.3) is 0 Å². The zero-order valence-electron chi connectivity index (χ0n) is 6.48. The van der Waals surface area contributed by atoms with Crippen LogP contribution in [0.15, 0.2) is 24.8 Å². The first kappa shape index (κ1) is 10.3. The molecular formula is C9H5F2IO. The minimum absolute atomic E-state index is 0.149. The molecule has 1 rings (SSSR count). The molecule has 68 valence electrons. The van der Waals surface area contributed by atoms with E-state index in [1.54, 1.807) is 22.6 Å². The van der Waals surface area contributed by atoms with Gasteiger partial charge in [-0.05, 0) is 40.8 Å². The van der Waals surface area contributed by atoms with Gasteiger partial charge in [-0.25, -0.2) is 8.78 Å². The van der Waals surface area contributed by atoms with Crippen molar-refractivity contribution in [2.24, 2.45) is 0 Å². The van der Waals surface area contributed by atoms with Crippen molar-refractivity contribution in [1.29, 1.82) is 0 Å². The molecule has 0 radical (unpaired) electrons. The maximum Gasteiger partial charge on any atom is 0.188 e. The van der Waals surface area contributed by atoms with Crippen molar-refractivity contribution in [3.8, 4) is 0 Å². The van der Waals surface area contributed by atoms with Crippen molar-refractivity contribution in [3.05, 3.63) is 45.6 Å². The van der Waals surface area contributed by atoms with Gasteiger partial charge in [-0.2, -0.15) is 0 Å². The van der Waals surface area contributed by atoms with E-state index in [1.807, 2.05) is 0 Å². The molecule has 0 aliphatic heterocycles. The standard InChI is InChI=1S/C9H5F2IO/c1-2-7(13)5-3-4-6(12)9(11)8(5)10/h2-4H,1H2. The molecule has 1 nitrogen and oxygen atoms in total. The Morgan fingerprint density at radius 2 is 2.00 bits per heavy atom. The maximum atomic E-state index is 13.1. The van der Waals surface area contributed by atoms with E-state index in [9.17, 15) is 13.6 Å². The Hall–Kier alpha value is -0.780. The summed E-state index contributed by atoms with van der Waals surface area (Å²) in [5.41, 5.74) is -0.284. The Kier molecular flexibility index (Phi) is 3.13. The number of carbonyl (C=O) groups excluding carboxylic acids is 1. The number of hydrogen-bond donors (Lipinski definition) is 0. The predicted octanol–water partition coefficient (Wildman–Crippen LogP) is 2.94. The molecule has 0 unspecified atom stereocenters. The van der Waals surface area contributed by atoms with Gasteiger partial charge in [0.2, 0.25) is 0 Å². The number of allylic oxidation sites excluding steroid dienone is 1. The third-order valence-electron chi connectivity index (χ3n) is 1.49. The van der Waals surface area contributed by atoms with Gasteiger partial charge >= 0.3 is 0 Å². The van der Waals surface area contributed by atoms with Crippen molar-refractivity contribution < 1.29 is 13.6 Å². The van der Waals surface area contributed by atoms with Crippen LogP contribution in [-0.2, 0) is 0 Å². The molecule has 0 saturated carbocycles. The summed E-state index contributed by atoms with van der Waals surface area (Å²) < 4.78 is 26.1. The molecule has 0 N–H and O–H groups in total. The lowest BCUT2D eigenvalue weighted by Crippen LogP contribution is -2.02. The minimum Gasteiger partial charge on any atom is -0.289 e. The lowest BCUT2D eigenvalue weighted by Gasteiger charge is -2.00. The molecule has 0 atom stereocenters. The number of hydrogen-bond acceptors (Lipinski definition) is 1. The van der Waals surface area contributed by atoms with Gasteiger partial charge in [0, 0.05) is 0 Å². The van der Waals surface area contributed by atoms with E-state index in [0.29, 0.717) is 0 Å². The van der Waals surface area contributed by atoms with Crippen molar-refractivity contribution in [1.82, 2.24) is 0 Å². The Balaban J connectivity index is 3.33. The van der Waals surface area contributed by atoms with Crippen LogP contribution in [0.2, 0.25) is 0 Å². The fourth-order valence-corrected chi connectivity index (χ4v) is 1.24. The Morgan fingerprint density at radius 3 is 2.54 bits per heavy atom. The first-order chi connectivity index (χ1) is 6.07. The van der Waals surface area contributed by atoms with Crippen LogP contribution in [0.25, 0.3) is 0 Å². The highest BCUT2D eigenvalue weighted by molar-refractivity contribution is 14.1. The first-order valence-corrected chi connectivity index (χ1v) is 4.46. The highest BCUT2D eigenvalue weighted by Gasteiger charge is 2.15. The van der Waals surface area contributed by atoms with Gasteiger partial charge in [-0.15, -0.1) is 0 Å². The maximum absolute atomic E-state index is 13.1. The van der Waals surface area contributed by atoms with E-state index in [2.05, 4.69) is 6.58 Å². The van der Waals surface area contributed by atoms with Gasteiger partial charge < -0.3 is 0 Å². The number of rotatable bonds is 2. The number of benzene rings is 1. The quantitative estimate of drug-likeness (QED) is 0.355. The third-order valence-corrected chi connectivity index (χ3v) is 2.32. The normalized spacial score (nSPS) is 9.77. The predicted molar refractivity (Wildman–Crippen MR) is 53.6 cm³/mol. The van der Waals surface area contributed by atoms with Gasteiger partial charge in [0.05, 0.1) is 9.13 Å². The Labute approximate surface area is 87.6 Å². The van der Waals surface area contributed by atoms with E-state index >= 15 is 0 Å². The van der Waals surface area contributed by atoms with Crippen molar-refractivity contribution in [2.75, 3.05) is 0 Å². The van der Waals surface area contributed by atoms with Crippen molar-refractivity contribution >= 4 is 28.4 Å². The zero-order valence-corrected chi connectivity index (χ0v) is 8.64. The fourth-order valence-electron chi connectivity index (χ4n) is 0.826. The average molecular weight is 294 g/mol. The number of ketones is 1. The molecule has 0 heterocycles. The number of carbonyl (C=O) groups is 1. The van der Waals surface area contributed by atoms with E-state index in [0.717, 1.165) is 6.08 Å². The fraction of sp³-hybridized carbons (Fsp3) is 0. The number of halogens is 3. The molecule has 0 spiro atoms. The molecule has 4 heteroatoms. The molecular weight excluding hydrogens is 289 g/mol. The van der Waals surface area contributed by atoms with Crippen LogP contribution >= 0.6 is 22.6 Å². The molecule has 0 amide bonds. The van der Waals surface area contributed by atoms with Crippen LogP contribution in [0.1, 0.15) is 10.4 Å². The molecule has 1 aromatic carbocycles. The lowest BCUT2D eigenvalue weighted by atomic mass is 10.1. The zero-order chi connectivity index (χ0) is 10.0. The summed E-state index contributed by atoms with van der Waals surface area (Å²) in [5, 5.41) is 0. The van der Waals surface area contributed by atoms with Gasteiger partial charge in [-0.1, -0.05) is 6.58 Å². The SMILES string of the molecule is C=CC(=O)c1ccc(I)c(F)c1F. The second kappa shape index (κ2) is 3.95. The summed E-state index contributed by atoms with van der Waals surface area (Å²) in [6, 6.07) is 2.58. The van der Waals surface area contributed by atoms with Crippen molar-refractivity contribution in [2.45, 2.75) is 0 Å². The largest absolute Gasteiger partial charge is 0.289 e. The van der Waals surface area contributed by atoms with Crippen LogP contribution in [0, 0.1) is 15.2 Å². The third kappa shape index (κ3) is 1.93. The van der Waals surface area contributed by atoms with Gasteiger partial charge in [0.1, 0.15) is 0 Å². The van der Waals surface area contributed by atoms with Crippen LogP contribution in [0.4, 0.5) is 8.78 Å². The summed E-state index contributed by atoms with van der Waals surface area (Å²) in [6.07, 6.45) is 0.949. The summed E-state index contributed by atoms with van der Waals surface area (Å²) in [7, 11) is 0. The molecule has 0 aromatic heterocycles. The highest BCUT2D eigenvalue weighted by Crippen LogP contribution is 2.18. The van der Waals surface area contributed by atoms with Crippen LogP contribution < -0.4 is 0 Å². The lowest BCUT2D eigenvalue weighted by molar-refractivity contribution is 0.104. The van der Waals surface area contributed by atoms with Gasteiger partial charge in [-0.3, -0.25) is 4.79 Å². The molecule has 0 aliphatic rings. The van der Waals surface area contributed by atoms with Crippen LogP contribution in [0.5, 0.6) is 0 Å². The minimum atomic E-state index is -1.11. The second-order valence-corrected chi connectivity index (χ2v) is 3.45.